The first kappa shape index (κ1) is 39.3. The highest BCUT2D eigenvalue weighted by Gasteiger charge is 2.28. The zero-order valence-corrected chi connectivity index (χ0v) is 37.3. The number of hydrogen-bond donors (Lipinski definition) is 0. The molecule has 0 aliphatic carbocycles. The molecule has 0 aliphatic rings. The first-order chi connectivity index (χ1) is 23.7. The van der Waals surface area contributed by atoms with Gasteiger partial charge >= 0.3 is 0 Å². The minimum absolute atomic E-state index is 0.206. The Kier molecular flexibility index (Phi) is 12.9. The lowest BCUT2D eigenvalue weighted by Gasteiger charge is -2.12. The van der Waals surface area contributed by atoms with Crippen LogP contribution < -0.4 is 9.00 Å². The molecule has 4 aromatic heterocycles. The summed E-state index contributed by atoms with van der Waals surface area (Å²) < 4.78 is 8.53. The van der Waals surface area contributed by atoms with Crippen LogP contribution in [0, 0.1) is 0 Å². The minimum atomic E-state index is -1.42. The molecule has 0 unspecified atom stereocenters. The normalized spacial score (nSPS) is 12.4. The van der Waals surface area contributed by atoms with E-state index in [1.807, 2.05) is 22.7 Å². The van der Waals surface area contributed by atoms with Gasteiger partial charge in [0.25, 0.3) is 0 Å². The lowest BCUT2D eigenvalue weighted by Crippen LogP contribution is -2.34. The van der Waals surface area contributed by atoms with Crippen LogP contribution >= 0.6 is 45.3 Å². The molecule has 0 atom stereocenters. The Bertz CT molecular complexity index is 2130. The highest BCUT2D eigenvalue weighted by Crippen LogP contribution is 2.41. The molecule has 0 saturated carbocycles. The summed E-state index contributed by atoms with van der Waals surface area (Å²) in [4.78, 5) is 25.1. The molecule has 6 rings (SSSR count). The fourth-order valence-electron chi connectivity index (χ4n) is 7.05. The van der Waals surface area contributed by atoms with Crippen LogP contribution in [0.5, 0.6) is 0 Å². The highest BCUT2D eigenvalue weighted by molar-refractivity contribution is 7.37. The molecule has 2 nitrogen and oxygen atoms in total. The average Bonchev–Trinajstić information content (AvgIpc) is 3.84. The topological polar surface area (TPSA) is 34.1 Å². The van der Waals surface area contributed by atoms with Crippen LogP contribution in [0.3, 0.4) is 0 Å². The Labute approximate surface area is 318 Å². The maximum Gasteiger partial charge on any atom is 0.160 e. The average molecular weight is 777 g/mol. The van der Waals surface area contributed by atoms with Crippen molar-refractivity contribution < 1.29 is 9.59 Å². The van der Waals surface area contributed by atoms with E-state index in [9.17, 15) is 9.59 Å². The van der Waals surface area contributed by atoms with Crippen molar-refractivity contribution in [2.45, 2.75) is 131 Å². The molecular formula is C42H56O2S4Si2. The van der Waals surface area contributed by atoms with Gasteiger partial charge in [0.2, 0.25) is 0 Å². The van der Waals surface area contributed by atoms with Gasteiger partial charge in [-0.2, -0.15) is 0 Å². The SMILES string of the molecule is CCCCCCc1c(C(C)=O)c2cc([Si](C)(C)C)sc2c2sc([Si](C)(C)C)cc12.CCCCCCc1c(C(C)=O)c2ccsc2c2sccc12. The van der Waals surface area contributed by atoms with Gasteiger partial charge in [0.15, 0.2) is 11.6 Å². The maximum absolute atomic E-state index is 12.9. The van der Waals surface area contributed by atoms with Gasteiger partial charge in [0.05, 0.1) is 34.9 Å². The number of rotatable bonds is 14. The van der Waals surface area contributed by atoms with E-state index in [1.165, 1.54) is 102 Å². The van der Waals surface area contributed by atoms with Gasteiger partial charge in [-0.3, -0.25) is 9.59 Å². The molecule has 0 spiro atoms. The molecule has 8 heteroatoms. The number of aryl methyl sites for hydroxylation is 2. The van der Waals surface area contributed by atoms with Gasteiger partial charge in [-0.25, -0.2) is 0 Å². The molecule has 2 aromatic carbocycles. The Morgan fingerprint density at radius 2 is 0.960 bits per heavy atom. The van der Waals surface area contributed by atoms with E-state index in [0.29, 0.717) is 0 Å². The third kappa shape index (κ3) is 8.31. The van der Waals surface area contributed by atoms with Gasteiger partial charge < -0.3 is 0 Å². The summed E-state index contributed by atoms with van der Waals surface area (Å²) in [6, 6.07) is 9.15. The standard InChI is InChI=1S/C24H36OS2Si2.C18H20OS2/c1-9-10-11-12-13-17-18-14-20(28(3,4)5)26-23(18)24-19(22(17)16(2)25)15-21(27-24)29(6,7)8;1-3-4-5-6-7-13-14-8-10-20-17(14)18-15(9-11-21-18)16(13)12(2)19/h14-15H,9-13H2,1-8H3;8-11H,3-7H2,1-2H3. The van der Waals surface area contributed by atoms with E-state index in [2.05, 4.69) is 88.2 Å². The minimum Gasteiger partial charge on any atom is -0.294 e. The molecule has 6 aromatic rings. The van der Waals surface area contributed by atoms with Crippen molar-refractivity contribution in [3.63, 3.8) is 0 Å². The summed E-state index contributed by atoms with van der Waals surface area (Å²) in [5.74, 6) is 0.445. The number of ketones is 2. The fraction of sp³-hybridized carbons (Fsp3) is 0.476. The van der Waals surface area contributed by atoms with Crippen molar-refractivity contribution in [3.8, 4) is 0 Å². The smallest absolute Gasteiger partial charge is 0.160 e. The molecule has 4 heterocycles. The van der Waals surface area contributed by atoms with Crippen molar-refractivity contribution in [1.29, 1.82) is 0 Å². The van der Waals surface area contributed by atoms with E-state index >= 15 is 0 Å². The Morgan fingerprint density at radius 3 is 1.44 bits per heavy atom. The van der Waals surface area contributed by atoms with Crippen molar-refractivity contribution in [2.24, 2.45) is 0 Å². The monoisotopic (exact) mass is 776 g/mol. The Balaban J connectivity index is 0.000000204. The third-order valence-electron chi connectivity index (χ3n) is 9.74. The summed E-state index contributed by atoms with van der Waals surface area (Å²) in [6.07, 6.45) is 12.0. The van der Waals surface area contributed by atoms with Crippen LogP contribution in [0.2, 0.25) is 39.3 Å². The Morgan fingerprint density at radius 1 is 0.540 bits per heavy atom. The molecule has 0 fully saturated rings. The predicted octanol–water partition coefficient (Wildman–Crippen LogP) is 14.0. The molecule has 0 bridgehead atoms. The van der Waals surface area contributed by atoms with Crippen LogP contribution in [0.4, 0.5) is 0 Å². The van der Waals surface area contributed by atoms with Gasteiger partial charge in [-0.15, -0.1) is 45.3 Å². The van der Waals surface area contributed by atoms with Crippen LogP contribution in [-0.4, -0.2) is 27.7 Å². The van der Waals surface area contributed by atoms with E-state index < -0.39 is 16.1 Å². The molecule has 268 valence electrons. The van der Waals surface area contributed by atoms with Crippen molar-refractivity contribution in [3.05, 3.63) is 57.3 Å². The second-order valence-corrected chi connectivity index (χ2v) is 30.7. The quantitative estimate of drug-likeness (QED) is 0.0627. The number of carbonyl (C=O) groups is 2. The number of unbranched alkanes of at least 4 members (excludes halogenated alkanes) is 6. The predicted molar refractivity (Wildman–Crippen MR) is 236 cm³/mol. The number of benzene rings is 2. The molecule has 0 radical (unpaired) electrons. The zero-order chi connectivity index (χ0) is 36.4. The van der Waals surface area contributed by atoms with Gasteiger partial charge in [0, 0.05) is 21.9 Å². The van der Waals surface area contributed by atoms with Crippen LogP contribution in [0.1, 0.15) is 111 Å². The highest BCUT2D eigenvalue weighted by atomic mass is 32.1. The summed E-state index contributed by atoms with van der Waals surface area (Å²) in [5.41, 5.74) is 4.59. The molecule has 50 heavy (non-hydrogen) atoms. The van der Waals surface area contributed by atoms with Crippen molar-refractivity contribution >= 4 is 122 Å². The number of hydrogen-bond acceptors (Lipinski definition) is 6. The Hall–Kier alpha value is -1.95. The third-order valence-corrected chi connectivity index (χ3v) is 21.3. The van der Waals surface area contributed by atoms with Crippen LogP contribution in [0.15, 0.2) is 35.0 Å². The first-order valence-electron chi connectivity index (χ1n) is 18.6. The van der Waals surface area contributed by atoms with Gasteiger partial charge in [-0.1, -0.05) is 91.7 Å². The molecule has 0 N–H and O–H groups in total. The van der Waals surface area contributed by atoms with Gasteiger partial charge in [0.1, 0.15) is 0 Å². The van der Waals surface area contributed by atoms with E-state index in [-0.39, 0.29) is 11.6 Å². The van der Waals surface area contributed by atoms with Crippen LogP contribution in [0.25, 0.3) is 40.3 Å². The number of Topliss-reactive ketones (excluding diaryl/α,β-unsaturated/α-hetero) is 2. The molecule has 0 amide bonds. The second-order valence-electron chi connectivity index (χ2n) is 16.0. The largest absolute Gasteiger partial charge is 0.294 e. The van der Waals surface area contributed by atoms with E-state index in [1.54, 1.807) is 41.0 Å². The lowest BCUT2D eigenvalue weighted by atomic mass is 9.93. The number of thiophene rings is 4. The molecule has 0 aliphatic heterocycles. The summed E-state index contributed by atoms with van der Waals surface area (Å²) in [7, 11) is -2.82. The lowest BCUT2D eigenvalue weighted by molar-refractivity contribution is 0.101. The summed E-state index contributed by atoms with van der Waals surface area (Å²) in [5, 5.41) is 9.34. The van der Waals surface area contributed by atoms with Gasteiger partial charge in [-0.05, 0) is 105 Å². The second kappa shape index (κ2) is 16.4. The fourth-order valence-corrected chi connectivity index (χ4v) is 15.3. The number of fused-ring (bicyclic) bond motifs is 6. The molecular weight excluding hydrogens is 721 g/mol. The van der Waals surface area contributed by atoms with Crippen LogP contribution in [-0.2, 0) is 12.8 Å². The van der Waals surface area contributed by atoms with E-state index in [0.717, 1.165) is 29.4 Å². The summed E-state index contributed by atoms with van der Waals surface area (Å²) >= 11 is 7.53. The van der Waals surface area contributed by atoms with E-state index in [4.69, 9.17) is 0 Å². The molecule has 0 saturated heterocycles. The van der Waals surface area contributed by atoms with Crippen molar-refractivity contribution in [2.75, 3.05) is 0 Å². The number of carbonyl (C=O) groups excluding carboxylic acids is 2. The van der Waals surface area contributed by atoms with Crippen molar-refractivity contribution in [1.82, 2.24) is 0 Å². The maximum atomic E-state index is 12.9. The first-order valence-corrected chi connectivity index (χ1v) is 29.0. The summed E-state index contributed by atoms with van der Waals surface area (Å²) in [6.45, 7) is 22.5. The zero-order valence-electron chi connectivity index (χ0n) is 32.0.